The number of furan rings is 1. The molecule has 1 aliphatic carbocycles. The van der Waals surface area contributed by atoms with Crippen molar-refractivity contribution in [1.82, 2.24) is 9.13 Å². The lowest BCUT2D eigenvalue weighted by Crippen LogP contribution is -2.28. The van der Waals surface area contributed by atoms with Crippen LogP contribution in [0.1, 0.15) is 22.3 Å². The maximum atomic E-state index is 6.21. The zero-order valence-electron chi connectivity index (χ0n) is 34.7. The highest BCUT2D eigenvalue weighted by molar-refractivity contribution is 6.13. The molecule has 14 rings (SSSR count). The summed E-state index contributed by atoms with van der Waals surface area (Å²) in [5.41, 5.74) is 18.4. The van der Waals surface area contributed by atoms with E-state index in [-0.39, 0.29) is 0 Å². The van der Waals surface area contributed by atoms with Crippen molar-refractivity contribution in [3.8, 4) is 33.6 Å². The standard InChI is InChI=1S/C61H38N2O/c1-3-15-41(16-4-1)61(42-17-5-2-6-18-42)53-23-11-7-19-45(53)46-31-29-44(38-54(46)61)63-56-25-13-9-21-48(56)51-36-40(28-33-58(51)63)39-27-32-57-50(35-39)47-20-8-12-24-55(47)62(57)43-30-34-60-52(37-43)49-22-10-14-26-59(49)64-60/h1-38H. The molecule has 3 heteroatoms. The first kappa shape index (κ1) is 35.2. The van der Waals surface area contributed by atoms with Crippen LogP contribution in [0, 0.1) is 0 Å². The Morgan fingerprint density at radius 3 is 1.44 bits per heavy atom. The molecule has 64 heavy (non-hydrogen) atoms. The summed E-state index contributed by atoms with van der Waals surface area (Å²) in [5, 5.41) is 7.19. The van der Waals surface area contributed by atoms with Crippen LogP contribution in [0.3, 0.4) is 0 Å². The molecule has 0 bridgehead atoms. The van der Waals surface area contributed by atoms with Crippen LogP contribution in [0.15, 0.2) is 235 Å². The van der Waals surface area contributed by atoms with Gasteiger partial charge in [-0.2, -0.15) is 0 Å². The Morgan fingerprint density at radius 2 is 0.781 bits per heavy atom. The van der Waals surface area contributed by atoms with Gasteiger partial charge in [-0.1, -0.05) is 158 Å². The minimum Gasteiger partial charge on any atom is -0.456 e. The maximum Gasteiger partial charge on any atom is 0.135 e. The molecule has 0 saturated heterocycles. The Morgan fingerprint density at radius 1 is 0.297 bits per heavy atom. The van der Waals surface area contributed by atoms with Gasteiger partial charge >= 0.3 is 0 Å². The summed E-state index contributed by atoms with van der Waals surface area (Å²) in [5.74, 6) is 0. The Kier molecular flexibility index (Phi) is 7.32. The molecule has 0 unspecified atom stereocenters. The molecule has 0 aliphatic heterocycles. The van der Waals surface area contributed by atoms with Crippen molar-refractivity contribution >= 4 is 65.6 Å². The lowest BCUT2D eigenvalue weighted by Gasteiger charge is -2.34. The lowest BCUT2D eigenvalue weighted by atomic mass is 9.67. The zero-order chi connectivity index (χ0) is 41.9. The summed E-state index contributed by atoms with van der Waals surface area (Å²) in [6.45, 7) is 0. The second-order valence-corrected chi connectivity index (χ2v) is 17.2. The summed E-state index contributed by atoms with van der Waals surface area (Å²) in [4.78, 5) is 0. The smallest absolute Gasteiger partial charge is 0.135 e. The normalized spacial score (nSPS) is 13.1. The molecule has 0 spiro atoms. The minimum atomic E-state index is -0.474. The number of para-hydroxylation sites is 3. The number of hydrogen-bond donors (Lipinski definition) is 0. The van der Waals surface area contributed by atoms with Gasteiger partial charge in [-0.25, -0.2) is 0 Å². The third kappa shape index (κ3) is 4.81. The number of fused-ring (bicyclic) bond motifs is 12. The average Bonchev–Trinajstić information content (AvgIpc) is 4.09. The van der Waals surface area contributed by atoms with Gasteiger partial charge in [0.25, 0.3) is 0 Å². The van der Waals surface area contributed by atoms with Gasteiger partial charge in [-0.3, -0.25) is 0 Å². The van der Waals surface area contributed by atoms with Crippen molar-refractivity contribution in [3.63, 3.8) is 0 Å². The molecule has 0 amide bonds. The molecule has 298 valence electrons. The van der Waals surface area contributed by atoms with E-state index in [1.165, 1.54) is 88.1 Å². The molecule has 0 fully saturated rings. The molecular formula is C61H38N2O. The molecular weight excluding hydrogens is 777 g/mol. The van der Waals surface area contributed by atoms with Gasteiger partial charge in [0, 0.05) is 43.7 Å². The zero-order valence-corrected chi connectivity index (χ0v) is 34.7. The first-order valence-electron chi connectivity index (χ1n) is 22.1. The van der Waals surface area contributed by atoms with Gasteiger partial charge in [-0.15, -0.1) is 0 Å². The first-order chi connectivity index (χ1) is 31.7. The van der Waals surface area contributed by atoms with Crippen LogP contribution in [0.25, 0.3) is 99.2 Å². The Labute approximate surface area is 369 Å². The number of hydrogen-bond acceptors (Lipinski definition) is 1. The van der Waals surface area contributed by atoms with E-state index in [9.17, 15) is 0 Å². The number of rotatable bonds is 5. The third-order valence-electron chi connectivity index (χ3n) is 14.0. The van der Waals surface area contributed by atoms with Gasteiger partial charge < -0.3 is 13.6 Å². The summed E-state index contributed by atoms with van der Waals surface area (Å²) >= 11 is 0. The molecule has 0 radical (unpaired) electrons. The van der Waals surface area contributed by atoms with Crippen LogP contribution in [0.5, 0.6) is 0 Å². The van der Waals surface area contributed by atoms with Crippen LogP contribution in [-0.2, 0) is 5.41 Å². The van der Waals surface area contributed by atoms with Crippen molar-refractivity contribution in [1.29, 1.82) is 0 Å². The summed E-state index contributed by atoms with van der Waals surface area (Å²) in [7, 11) is 0. The molecule has 10 aromatic carbocycles. The van der Waals surface area contributed by atoms with E-state index in [1.54, 1.807) is 0 Å². The van der Waals surface area contributed by atoms with Crippen LogP contribution >= 0.6 is 0 Å². The van der Waals surface area contributed by atoms with Crippen LogP contribution in [0.4, 0.5) is 0 Å². The van der Waals surface area contributed by atoms with Crippen LogP contribution in [0.2, 0.25) is 0 Å². The van der Waals surface area contributed by atoms with Gasteiger partial charge in [-0.05, 0) is 117 Å². The summed E-state index contributed by atoms with van der Waals surface area (Å²) < 4.78 is 11.1. The van der Waals surface area contributed by atoms with Gasteiger partial charge in [0.1, 0.15) is 11.2 Å². The van der Waals surface area contributed by atoms with Gasteiger partial charge in [0.05, 0.1) is 27.5 Å². The predicted molar refractivity (Wildman–Crippen MR) is 265 cm³/mol. The van der Waals surface area contributed by atoms with E-state index in [4.69, 9.17) is 4.42 Å². The van der Waals surface area contributed by atoms with E-state index in [0.717, 1.165) is 33.3 Å². The van der Waals surface area contributed by atoms with E-state index in [0.29, 0.717) is 0 Å². The van der Waals surface area contributed by atoms with Crippen molar-refractivity contribution < 1.29 is 4.42 Å². The first-order valence-corrected chi connectivity index (χ1v) is 22.1. The van der Waals surface area contributed by atoms with Gasteiger partial charge in [0.15, 0.2) is 0 Å². The van der Waals surface area contributed by atoms with E-state index in [2.05, 4.69) is 228 Å². The molecule has 3 aromatic heterocycles. The second kappa shape index (κ2) is 13.3. The SMILES string of the molecule is c1ccc(C2(c3ccccc3)c3ccccc3-c3ccc(-n4c5ccccc5c5cc(-c6ccc7c(c6)c6ccccc6n7-c6ccc7oc8ccccc8c7c6)ccc54)cc32)cc1. The number of aromatic nitrogens is 2. The highest BCUT2D eigenvalue weighted by atomic mass is 16.3. The Balaban J connectivity index is 0.940. The fourth-order valence-corrected chi connectivity index (χ4v) is 11.3. The predicted octanol–water partition coefficient (Wildman–Crippen LogP) is 15.8. The van der Waals surface area contributed by atoms with Gasteiger partial charge in [0.2, 0.25) is 0 Å². The fourth-order valence-electron chi connectivity index (χ4n) is 11.3. The van der Waals surface area contributed by atoms with E-state index < -0.39 is 5.41 Å². The Bertz CT molecular complexity index is 3980. The molecule has 3 heterocycles. The van der Waals surface area contributed by atoms with Crippen molar-refractivity contribution in [2.75, 3.05) is 0 Å². The van der Waals surface area contributed by atoms with Crippen molar-refractivity contribution in [3.05, 3.63) is 253 Å². The van der Waals surface area contributed by atoms with E-state index >= 15 is 0 Å². The fraction of sp³-hybridized carbons (Fsp3) is 0.0164. The van der Waals surface area contributed by atoms with Crippen LogP contribution < -0.4 is 0 Å². The molecule has 1 aliphatic rings. The van der Waals surface area contributed by atoms with Crippen LogP contribution in [-0.4, -0.2) is 9.13 Å². The third-order valence-corrected chi connectivity index (χ3v) is 14.0. The summed E-state index contributed by atoms with van der Waals surface area (Å²) in [6, 6.07) is 84.7. The number of nitrogens with zero attached hydrogens (tertiary/aromatic N) is 2. The molecule has 13 aromatic rings. The van der Waals surface area contributed by atoms with Crippen molar-refractivity contribution in [2.24, 2.45) is 0 Å². The highest BCUT2D eigenvalue weighted by Crippen LogP contribution is 2.56. The summed E-state index contributed by atoms with van der Waals surface area (Å²) in [6.07, 6.45) is 0. The molecule has 3 nitrogen and oxygen atoms in total. The molecule has 0 saturated carbocycles. The molecule has 0 atom stereocenters. The maximum absolute atomic E-state index is 6.21. The van der Waals surface area contributed by atoms with E-state index in [1.807, 2.05) is 12.1 Å². The largest absolute Gasteiger partial charge is 0.456 e. The highest BCUT2D eigenvalue weighted by Gasteiger charge is 2.46. The number of benzene rings is 10. The average molecular weight is 815 g/mol. The Hall–Kier alpha value is -8.40. The minimum absolute atomic E-state index is 0.474. The topological polar surface area (TPSA) is 23.0 Å². The van der Waals surface area contributed by atoms with Crippen molar-refractivity contribution in [2.45, 2.75) is 5.41 Å². The monoisotopic (exact) mass is 814 g/mol. The molecule has 0 N–H and O–H groups in total. The second-order valence-electron chi connectivity index (χ2n) is 17.2. The quantitative estimate of drug-likeness (QED) is 0.170. The lowest BCUT2D eigenvalue weighted by molar-refractivity contribution is 0.669.